The largest absolute Gasteiger partial charge is 0.533 e. The molecule has 21 heavy (non-hydrogen) atoms. The first-order chi connectivity index (χ1) is 10.2. The SMILES string of the molecule is O=C(OC[C@@H]1[C@@H]2CC/C=C\CC[C@@H]21)ON1C(=O)CCC1=O. The van der Waals surface area contributed by atoms with E-state index in [1.165, 1.54) is 0 Å². The second-order valence-electron chi connectivity index (χ2n) is 5.85. The molecule has 0 aromatic carbocycles. The molecule has 6 nitrogen and oxygen atoms in total. The number of fused-ring (bicyclic) bond motifs is 1. The number of carbonyl (C=O) groups is 3. The Morgan fingerprint density at radius 3 is 2.24 bits per heavy atom. The van der Waals surface area contributed by atoms with E-state index in [1.807, 2.05) is 0 Å². The standard InChI is InChI=1S/C15H19NO5/c17-13-7-8-14(18)16(13)21-15(19)20-9-12-10-5-3-1-2-4-6-11(10)12/h1-2,10-12H,3-9H2/b2-1-/t10-,11+,12-. The molecule has 1 saturated heterocycles. The first-order valence-corrected chi connectivity index (χ1v) is 7.52. The second kappa shape index (κ2) is 5.87. The fraction of sp³-hybridized carbons (Fsp3) is 0.667. The third kappa shape index (κ3) is 3.09. The van der Waals surface area contributed by atoms with Gasteiger partial charge in [0.2, 0.25) is 0 Å². The summed E-state index contributed by atoms with van der Waals surface area (Å²) >= 11 is 0. The molecule has 1 heterocycles. The van der Waals surface area contributed by atoms with Gasteiger partial charge in [-0.25, -0.2) is 4.79 Å². The van der Waals surface area contributed by atoms with Crippen molar-refractivity contribution in [2.45, 2.75) is 38.5 Å². The summed E-state index contributed by atoms with van der Waals surface area (Å²) in [4.78, 5) is 38.9. The quantitative estimate of drug-likeness (QED) is 0.453. The molecule has 1 saturated carbocycles. The van der Waals surface area contributed by atoms with E-state index in [0.29, 0.717) is 29.4 Å². The van der Waals surface area contributed by atoms with Gasteiger partial charge < -0.3 is 4.74 Å². The van der Waals surface area contributed by atoms with Gasteiger partial charge in [0.1, 0.15) is 0 Å². The smallest absolute Gasteiger partial charge is 0.432 e. The molecule has 2 fully saturated rings. The molecule has 0 radical (unpaired) electrons. The molecular formula is C15H19NO5. The van der Waals surface area contributed by atoms with E-state index < -0.39 is 18.0 Å². The molecule has 3 rings (SSSR count). The zero-order valence-corrected chi connectivity index (χ0v) is 11.8. The van der Waals surface area contributed by atoms with Gasteiger partial charge >= 0.3 is 6.16 Å². The van der Waals surface area contributed by atoms with Crippen LogP contribution in [-0.4, -0.2) is 29.6 Å². The van der Waals surface area contributed by atoms with Crippen molar-refractivity contribution in [2.75, 3.05) is 6.61 Å². The molecule has 2 amide bonds. The highest BCUT2D eigenvalue weighted by molar-refractivity contribution is 6.01. The summed E-state index contributed by atoms with van der Waals surface area (Å²) < 4.78 is 5.07. The number of imide groups is 1. The summed E-state index contributed by atoms with van der Waals surface area (Å²) in [6.07, 6.45) is 8.07. The van der Waals surface area contributed by atoms with Crippen molar-refractivity contribution < 1.29 is 24.0 Å². The molecule has 1 aliphatic heterocycles. The Bertz CT molecular complexity index is 454. The van der Waals surface area contributed by atoms with Crippen molar-refractivity contribution in [3.05, 3.63) is 12.2 Å². The molecule has 0 aromatic heterocycles. The molecule has 114 valence electrons. The molecule has 0 aromatic rings. The molecule has 0 bridgehead atoms. The van der Waals surface area contributed by atoms with Gasteiger partial charge in [0.05, 0.1) is 6.61 Å². The highest BCUT2D eigenvalue weighted by Crippen LogP contribution is 2.52. The number of ether oxygens (including phenoxy) is 1. The Kier molecular flexibility index (Phi) is 3.94. The van der Waals surface area contributed by atoms with E-state index in [4.69, 9.17) is 4.74 Å². The van der Waals surface area contributed by atoms with Gasteiger partial charge in [-0.3, -0.25) is 14.4 Å². The Hall–Kier alpha value is -1.85. The van der Waals surface area contributed by atoms with Crippen molar-refractivity contribution in [1.82, 2.24) is 5.06 Å². The Balaban J connectivity index is 1.42. The van der Waals surface area contributed by atoms with E-state index >= 15 is 0 Å². The van der Waals surface area contributed by atoms with Gasteiger partial charge in [0.25, 0.3) is 11.8 Å². The van der Waals surface area contributed by atoms with Crippen LogP contribution in [0.2, 0.25) is 0 Å². The topological polar surface area (TPSA) is 72.9 Å². The predicted octanol–water partition coefficient (Wildman–Crippen LogP) is 2.20. The van der Waals surface area contributed by atoms with Crippen LogP contribution in [-0.2, 0) is 19.2 Å². The lowest BCUT2D eigenvalue weighted by Crippen LogP contribution is -2.32. The average molecular weight is 293 g/mol. The average Bonchev–Trinajstić information content (AvgIpc) is 2.98. The number of nitrogens with zero attached hydrogens (tertiary/aromatic N) is 1. The summed E-state index contributed by atoms with van der Waals surface area (Å²) in [5.74, 6) is 0.658. The van der Waals surface area contributed by atoms with Crippen LogP contribution < -0.4 is 0 Å². The van der Waals surface area contributed by atoms with Crippen LogP contribution in [0, 0.1) is 17.8 Å². The molecule has 0 N–H and O–H groups in total. The van der Waals surface area contributed by atoms with Crippen LogP contribution >= 0.6 is 0 Å². The number of amides is 2. The lowest BCUT2D eigenvalue weighted by molar-refractivity contribution is -0.177. The van der Waals surface area contributed by atoms with Crippen molar-refractivity contribution in [2.24, 2.45) is 17.8 Å². The van der Waals surface area contributed by atoms with Crippen LogP contribution in [0.1, 0.15) is 38.5 Å². The molecule has 3 atom stereocenters. The molecule has 2 aliphatic carbocycles. The third-order valence-corrected chi connectivity index (χ3v) is 4.57. The highest BCUT2D eigenvalue weighted by atomic mass is 16.8. The van der Waals surface area contributed by atoms with Gasteiger partial charge in [-0.2, -0.15) is 0 Å². The summed E-state index contributed by atoms with van der Waals surface area (Å²) in [5.41, 5.74) is 0. The molecule has 6 heteroatoms. The van der Waals surface area contributed by atoms with Gasteiger partial charge in [-0.1, -0.05) is 17.2 Å². The van der Waals surface area contributed by atoms with E-state index in [9.17, 15) is 14.4 Å². The minimum Gasteiger partial charge on any atom is -0.432 e. The van der Waals surface area contributed by atoms with E-state index in [2.05, 4.69) is 17.0 Å². The minimum atomic E-state index is -0.962. The zero-order valence-electron chi connectivity index (χ0n) is 11.8. The van der Waals surface area contributed by atoms with E-state index in [1.54, 1.807) is 0 Å². The number of hydrogen-bond donors (Lipinski definition) is 0. The van der Waals surface area contributed by atoms with Gasteiger partial charge in [-0.15, -0.1) is 0 Å². The van der Waals surface area contributed by atoms with Crippen LogP contribution in [0.5, 0.6) is 0 Å². The third-order valence-electron chi connectivity index (χ3n) is 4.57. The molecule has 0 spiro atoms. The maximum Gasteiger partial charge on any atom is 0.533 e. The Labute approximate surface area is 123 Å². The van der Waals surface area contributed by atoms with Gasteiger partial charge in [0.15, 0.2) is 0 Å². The number of hydrogen-bond acceptors (Lipinski definition) is 5. The molecule has 3 aliphatic rings. The number of rotatable bonds is 3. The molecular weight excluding hydrogens is 274 g/mol. The first kappa shape index (κ1) is 14.1. The van der Waals surface area contributed by atoms with Crippen LogP contribution in [0.15, 0.2) is 12.2 Å². The van der Waals surface area contributed by atoms with Crippen molar-refractivity contribution >= 4 is 18.0 Å². The first-order valence-electron chi connectivity index (χ1n) is 7.52. The monoisotopic (exact) mass is 293 g/mol. The van der Waals surface area contributed by atoms with E-state index in [-0.39, 0.29) is 12.8 Å². The number of allylic oxidation sites excluding steroid dienone is 2. The normalized spacial score (nSPS) is 33.0. The fourth-order valence-corrected chi connectivity index (χ4v) is 3.36. The van der Waals surface area contributed by atoms with Crippen molar-refractivity contribution in [3.63, 3.8) is 0 Å². The summed E-state index contributed by atoms with van der Waals surface area (Å²) in [6.45, 7) is 0.310. The zero-order chi connectivity index (χ0) is 14.8. The van der Waals surface area contributed by atoms with Crippen LogP contribution in [0.25, 0.3) is 0 Å². The maximum atomic E-state index is 11.6. The molecule has 0 unspecified atom stereocenters. The number of hydroxylamine groups is 2. The van der Waals surface area contributed by atoms with Crippen LogP contribution in [0.4, 0.5) is 4.79 Å². The summed E-state index contributed by atoms with van der Waals surface area (Å²) in [7, 11) is 0. The van der Waals surface area contributed by atoms with Gasteiger partial charge in [0, 0.05) is 12.8 Å². The highest BCUT2D eigenvalue weighted by Gasteiger charge is 2.49. The summed E-state index contributed by atoms with van der Waals surface area (Å²) in [6, 6.07) is 0. The lowest BCUT2D eigenvalue weighted by atomic mass is 10.1. The van der Waals surface area contributed by atoms with Crippen molar-refractivity contribution in [1.29, 1.82) is 0 Å². The Morgan fingerprint density at radius 2 is 1.67 bits per heavy atom. The Morgan fingerprint density at radius 1 is 1.10 bits per heavy atom. The fourth-order valence-electron chi connectivity index (χ4n) is 3.36. The van der Waals surface area contributed by atoms with Gasteiger partial charge in [-0.05, 0) is 43.4 Å². The lowest BCUT2D eigenvalue weighted by Gasteiger charge is -2.12. The van der Waals surface area contributed by atoms with Crippen LogP contribution in [0.3, 0.4) is 0 Å². The van der Waals surface area contributed by atoms with Crippen molar-refractivity contribution in [3.8, 4) is 0 Å². The second-order valence-corrected chi connectivity index (χ2v) is 5.85. The minimum absolute atomic E-state index is 0.0892. The summed E-state index contributed by atoms with van der Waals surface area (Å²) in [5, 5.41) is 0.516. The number of carbonyl (C=O) groups excluding carboxylic acids is 3. The van der Waals surface area contributed by atoms with E-state index in [0.717, 1.165) is 25.7 Å². The maximum absolute atomic E-state index is 11.6. The predicted molar refractivity (Wildman–Crippen MR) is 71.6 cm³/mol.